The van der Waals surface area contributed by atoms with Crippen molar-refractivity contribution in [2.24, 2.45) is 5.73 Å². The van der Waals surface area contributed by atoms with Crippen molar-refractivity contribution in [3.63, 3.8) is 0 Å². The van der Waals surface area contributed by atoms with E-state index in [9.17, 15) is 17.6 Å². The Bertz CT molecular complexity index is 294. The first kappa shape index (κ1) is 10.8. The number of para-hydroxylation sites is 1. The topological polar surface area (TPSA) is 38.0 Å². The minimum absolute atomic E-state index is 0.123. The molecule has 0 unspecified atom stereocenters. The van der Waals surface area contributed by atoms with Gasteiger partial charge in [0.2, 0.25) is 0 Å². The fourth-order valence-electron chi connectivity index (χ4n) is 0.786. The number of anilines is 1. The second-order valence-electron chi connectivity index (χ2n) is 2.69. The number of nitrogens with one attached hydrogen (secondary N) is 1. The zero-order valence-corrected chi connectivity index (χ0v) is 6.98. The van der Waals surface area contributed by atoms with Gasteiger partial charge >= 0.3 is 12.1 Å². The van der Waals surface area contributed by atoms with Crippen molar-refractivity contribution in [2.45, 2.75) is 12.1 Å². The van der Waals surface area contributed by atoms with E-state index in [2.05, 4.69) is 5.73 Å². The molecular weight excluding hydrogens is 200 g/mol. The molecule has 0 radical (unpaired) electrons. The standard InChI is InChI=1S/C8H8F4N2/c9-7(10,13)8(11,12)14-6-4-2-1-3-5-6/h1-5,14H,13H2. The summed E-state index contributed by atoms with van der Waals surface area (Å²) < 4.78 is 49.6. The molecule has 78 valence electrons. The van der Waals surface area contributed by atoms with Crippen molar-refractivity contribution in [2.75, 3.05) is 5.32 Å². The van der Waals surface area contributed by atoms with Crippen LogP contribution >= 0.6 is 0 Å². The van der Waals surface area contributed by atoms with E-state index < -0.39 is 12.1 Å². The van der Waals surface area contributed by atoms with Crippen LogP contribution in [0.5, 0.6) is 0 Å². The molecule has 0 spiro atoms. The van der Waals surface area contributed by atoms with Crippen LogP contribution in [-0.4, -0.2) is 12.1 Å². The minimum atomic E-state index is -4.59. The fourth-order valence-corrected chi connectivity index (χ4v) is 0.786. The summed E-state index contributed by atoms with van der Waals surface area (Å²) >= 11 is 0. The largest absolute Gasteiger partial charge is 0.400 e. The summed E-state index contributed by atoms with van der Waals surface area (Å²) in [5, 5.41) is 1.35. The first-order valence-electron chi connectivity index (χ1n) is 3.71. The average Bonchev–Trinajstić information content (AvgIpc) is 2.03. The monoisotopic (exact) mass is 208 g/mol. The minimum Gasteiger partial charge on any atom is -0.321 e. The van der Waals surface area contributed by atoms with Crippen LogP contribution in [-0.2, 0) is 0 Å². The molecule has 2 nitrogen and oxygen atoms in total. The zero-order chi connectivity index (χ0) is 10.8. The molecule has 0 bridgehead atoms. The smallest absolute Gasteiger partial charge is 0.321 e. The molecule has 0 heterocycles. The van der Waals surface area contributed by atoms with E-state index in [1.54, 1.807) is 6.07 Å². The fraction of sp³-hybridized carbons (Fsp3) is 0.250. The van der Waals surface area contributed by atoms with Crippen LogP contribution < -0.4 is 11.1 Å². The molecule has 0 aliphatic carbocycles. The molecule has 0 atom stereocenters. The lowest BCUT2D eigenvalue weighted by molar-refractivity contribution is -0.187. The SMILES string of the molecule is NC(F)(F)C(F)(F)Nc1ccccc1. The van der Waals surface area contributed by atoms with Gasteiger partial charge in [-0.2, -0.15) is 17.6 Å². The molecule has 0 aromatic heterocycles. The molecular formula is C8H8F4N2. The summed E-state index contributed by atoms with van der Waals surface area (Å²) in [6.07, 6.45) is 0. The van der Waals surface area contributed by atoms with Crippen molar-refractivity contribution >= 4 is 5.69 Å². The molecule has 3 N–H and O–H groups in total. The number of rotatable bonds is 3. The van der Waals surface area contributed by atoms with E-state index in [1.165, 1.54) is 29.6 Å². The van der Waals surface area contributed by atoms with Crippen LogP contribution in [0.2, 0.25) is 0 Å². The second-order valence-corrected chi connectivity index (χ2v) is 2.69. The van der Waals surface area contributed by atoms with Crippen molar-refractivity contribution in [3.05, 3.63) is 30.3 Å². The van der Waals surface area contributed by atoms with Gasteiger partial charge < -0.3 is 5.32 Å². The van der Waals surface area contributed by atoms with Crippen molar-refractivity contribution in [1.82, 2.24) is 0 Å². The Morgan fingerprint density at radius 3 is 1.93 bits per heavy atom. The lowest BCUT2D eigenvalue weighted by Gasteiger charge is -2.24. The third-order valence-electron chi connectivity index (χ3n) is 1.49. The predicted octanol–water partition coefficient (Wildman–Crippen LogP) is 2.24. The molecule has 0 fully saturated rings. The predicted molar refractivity (Wildman–Crippen MR) is 44.1 cm³/mol. The van der Waals surface area contributed by atoms with Gasteiger partial charge in [-0.15, -0.1) is 0 Å². The van der Waals surface area contributed by atoms with Crippen molar-refractivity contribution < 1.29 is 17.6 Å². The van der Waals surface area contributed by atoms with E-state index >= 15 is 0 Å². The van der Waals surface area contributed by atoms with E-state index in [1.807, 2.05) is 0 Å². The molecule has 0 saturated carbocycles. The van der Waals surface area contributed by atoms with Gasteiger partial charge in [-0.1, -0.05) is 18.2 Å². The van der Waals surface area contributed by atoms with Gasteiger partial charge in [-0.25, -0.2) is 0 Å². The van der Waals surface area contributed by atoms with Crippen LogP contribution in [0.1, 0.15) is 0 Å². The molecule has 6 heteroatoms. The van der Waals surface area contributed by atoms with E-state index in [4.69, 9.17) is 0 Å². The van der Waals surface area contributed by atoms with Gasteiger partial charge in [0, 0.05) is 5.69 Å². The number of nitrogens with two attached hydrogens (primary N) is 1. The highest BCUT2D eigenvalue weighted by Gasteiger charge is 2.53. The number of hydrogen-bond donors (Lipinski definition) is 2. The lowest BCUT2D eigenvalue weighted by Crippen LogP contribution is -2.53. The molecule has 1 rings (SSSR count). The molecule has 0 saturated heterocycles. The van der Waals surface area contributed by atoms with Crippen LogP contribution in [0.15, 0.2) is 30.3 Å². The summed E-state index contributed by atoms with van der Waals surface area (Å²) in [6.45, 7) is 0. The molecule has 14 heavy (non-hydrogen) atoms. The highest BCUT2D eigenvalue weighted by Crippen LogP contribution is 2.30. The molecule has 0 aliphatic rings. The van der Waals surface area contributed by atoms with E-state index in [0.29, 0.717) is 0 Å². The van der Waals surface area contributed by atoms with Crippen molar-refractivity contribution in [1.29, 1.82) is 0 Å². The number of hydrogen-bond acceptors (Lipinski definition) is 2. The maximum atomic E-state index is 12.6. The van der Waals surface area contributed by atoms with Crippen LogP contribution in [0.3, 0.4) is 0 Å². The third kappa shape index (κ3) is 2.35. The first-order chi connectivity index (χ1) is 6.33. The van der Waals surface area contributed by atoms with Crippen LogP contribution in [0.4, 0.5) is 23.2 Å². The average molecular weight is 208 g/mol. The van der Waals surface area contributed by atoms with E-state index in [-0.39, 0.29) is 5.69 Å². The van der Waals surface area contributed by atoms with Gasteiger partial charge in [0.25, 0.3) is 0 Å². The Labute approximate surface area is 77.7 Å². The molecule has 0 amide bonds. The summed E-state index contributed by atoms with van der Waals surface area (Å²) in [7, 11) is 0. The Kier molecular flexibility index (Phi) is 2.66. The number of alkyl halides is 4. The van der Waals surface area contributed by atoms with Gasteiger partial charge in [0.1, 0.15) is 0 Å². The van der Waals surface area contributed by atoms with Crippen LogP contribution in [0, 0.1) is 0 Å². The Balaban J connectivity index is 2.79. The summed E-state index contributed by atoms with van der Waals surface area (Å²) in [4.78, 5) is 0. The normalized spacial score (nSPS) is 12.6. The summed E-state index contributed by atoms with van der Waals surface area (Å²) in [5.41, 5.74) is 3.89. The molecule has 1 aromatic carbocycles. The Morgan fingerprint density at radius 2 is 1.50 bits per heavy atom. The lowest BCUT2D eigenvalue weighted by atomic mass is 10.3. The van der Waals surface area contributed by atoms with Gasteiger partial charge in [0.15, 0.2) is 0 Å². The van der Waals surface area contributed by atoms with Gasteiger partial charge in [-0.05, 0) is 12.1 Å². The highest BCUT2D eigenvalue weighted by atomic mass is 19.3. The Morgan fingerprint density at radius 1 is 1.00 bits per heavy atom. The highest BCUT2D eigenvalue weighted by molar-refractivity contribution is 5.44. The number of benzene rings is 1. The van der Waals surface area contributed by atoms with E-state index in [0.717, 1.165) is 0 Å². The van der Waals surface area contributed by atoms with Gasteiger partial charge in [0.05, 0.1) is 0 Å². The zero-order valence-electron chi connectivity index (χ0n) is 6.98. The molecule has 0 aliphatic heterocycles. The second kappa shape index (κ2) is 3.45. The third-order valence-corrected chi connectivity index (χ3v) is 1.49. The first-order valence-corrected chi connectivity index (χ1v) is 3.71. The number of halogens is 4. The summed E-state index contributed by atoms with van der Waals surface area (Å²) in [6, 6.07) is -2.14. The quantitative estimate of drug-likeness (QED) is 0.590. The van der Waals surface area contributed by atoms with Crippen LogP contribution in [0.25, 0.3) is 0 Å². The maximum absolute atomic E-state index is 12.6. The Hall–Kier alpha value is -1.30. The summed E-state index contributed by atoms with van der Waals surface area (Å²) in [5.74, 6) is 0. The molecule has 1 aromatic rings. The van der Waals surface area contributed by atoms with Crippen molar-refractivity contribution in [3.8, 4) is 0 Å². The van der Waals surface area contributed by atoms with Gasteiger partial charge in [-0.3, -0.25) is 5.73 Å². The maximum Gasteiger partial charge on any atom is 0.400 e.